The average molecular weight is 230 g/mol. The van der Waals surface area contributed by atoms with Crippen LogP contribution in [0, 0.1) is 0 Å². The van der Waals surface area contributed by atoms with Gasteiger partial charge in [-0.15, -0.1) is 0 Å². The van der Waals surface area contributed by atoms with Gasteiger partial charge in [-0.05, 0) is 42.3 Å². The maximum absolute atomic E-state index is 11.8. The lowest BCUT2D eigenvalue weighted by molar-refractivity contribution is 0.0996. The molecule has 4 heteroatoms. The van der Waals surface area contributed by atoms with Crippen molar-refractivity contribution >= 4 is 17.3 Å². The van der Waals surface area contributed by atoms with Crippen molar-refractivity contribution in [2.45, 2.75) is 13.3 Å². The molecule has 0 atom stereocenters. The van der Waals surface area contributed by atoms with E-state index in [1.807, 2.05) is 13.0 Å². The summed E-state index contributed by atoms with van der Waals surface area (Å²) in [6.45, 7) is 2.01. The molecule has 4 nitrogen and oxygen atoms in total. The molecule has 0 unspecified atom stereocenters. The summed E-state index contributed by atoms with van der Waals surface area (Å²) >= 11 is 0. The quantitative estimate of drug-likeness (QED) is 0.796. The van der Waals surface area contributed by atoms with Crippen molar-refractivity contribution in [2.75, 3.05) is 11.1 Å². The normalized spacial score (nSPS) is 10.2. The summed E-state index contributed by atoms with van der Waals surface area (Å²) in [6, 6.07) is 8.72. The molecule has 3 N–H and O–H groups in total. The predicted molar refractivity (Wildman–Crippen MR) is 66.9 cm³/mol. The molecular formula is C13H14N2O2. The Balaban J connectivity index is 2.21. The maximum Gasteiger partial charge on any atom is 0.291 e. The number of anilines is 2. The zero-order valence-electron chi connectivity index (χ0n) is 9.57. The highest BCUT2D eigenvalue weighted by atomic mass is 16.3. The third-order valence-corrected chi connectivity index (χ3v) is 2.50. The van der Waals surface area contributed by atoms with E-state index in [-0.39, 0.29) is 5.91 Å². The first-order chi connectivity index (χ1) is 8.20. The van der Waals surface area contributed by atoms with E-state index in [2.05, 4.69) is 5.32 Å². The summed E-state index contributed by atoms with van der Waals surface area (Å²) in [7, 11) is 0. The van der Waals surface area contributed by atoms with Gasteiger partial charge in [0.1, 0.15) is 0 Å². The zero-order chi connectivity index (χ0) is 12.3. The monoisotopic (exact) mass is 230 g/mol. The number of carbonyl (C=O) groups is 1. The van der Waals surface area contributed by atoms with Gasteiger partial charge in [-0.25, -0.2) is 0 Å². The fourth-order valence-corrected chi connectivity index (χ4v) is 1.62. The number of nitrogen functional groups attached to an aromatic ring is 1. The second-order valence-electron chi connectivity index (χ2n) is 3.70. The molecule has 1 aromatic heterocycles. The van der Waals surface area contributed by atoms with Crippen LogP contribution in [-0.4, -0.2) is 5.91 Å². The molecule has 2 aromatic rings. The lowest BCUT2D eigenvalue weighted by Crippen LogP contribution is -2.12. The molecule has 17 heavy (non-hydrogen) atoms. The number of carbonyl (C=O) groups excluding carboxylic acids is 1. The van der Waals surface area contributed by atoms with Gasteiger partial charge < -0.3 is 15.5 Å². The lowest BCUT2D eigenvalue weighted by Gasteiger charge is -2.09. The van der Waals surface area contributed by atoms with Crippen LogP contribution in [0.1, 0.15) is 23.0 Å². The van der Waals surface area contributed by atoms with E-state index in [1.54, 1.807) is 24.3 Å². The molecule has 1 amide bonds. The first kappa shape index (κ1) is 11.3. The Morgan fingerprint density at radius 2 is 2.24 bits per heavy atom. The third-order valence-electron chi connectivity index (χ3n) is 2.50. The first-order valence-corrected chi connectivity index (χ1v) is 5.44. The Labute approximate surface area is 99.4 Å². The highest BCUT2D eigenvalue weighted by Gasteiger charge is 2.10. The average Bonchev–Trinajstić information content (AvgIpc) is 2.85. The molecule has 0 bridgehead atoms. The van der Waals surface area contributed by atoms with Gasteiger partial charge in [0, 0.05) is 11.4 Å². The van der Waals surface area contributed by atoms with Gasteiger partial charge in [-0.3, -0.25) is 4.79 Å². The molecule has 0 aliphatic carbocycles. The van der Waals surface area contributed by atoms with Gasteiger partial charge >= 0.3 is 0 Å². The van der Waals surface area contributed by atoms with E-state index < -0.39 is 0 Å². The molecule has 0 aliphatic heterocycles. The largest absolute Gasteiger partial charge is 0.459 e. The van der Waals surface area contributed by atoms with Crippen LogP contribution in [0.25, 0.3) is 0 Å². The molecule has 0 radical (unpaired) electrons. The summed E-state index contributed by atoms with van der Waals surface area (Å²) in [4.78, 5) is 11.8. The number of rotatable bonds is 3. The fourth-order valence-electron chi connectivity index (χ4n) is 1.62. The van der Waals surface area contributed by atoms with Crippen molar-refractivity contribution in [3.05, 3.63) is 47.9 Å². The molecule has 1 aromatic carbocycles. The summed E-state index contributed by atoms with van der Waals surface area (Å²) in [6.07, 6.45) is 2.28. The minimum Gasteiger partial charge on any atom is -0.459 e. The maximum atomic E-state index is 11.8. The highest BCUT2D eigenvalue weighted by molar-refractivity contribution is 6.02. The van der Waals surface area contributed by atoms with Crippen molar-refractivity contribution in [1.29, 1.82) is 0 Å². The van der Waals surface area contributed by atoms with Crippen LogP contribution >= 0.6 is 0 Å². The molecule has 1 heterocycles. The molecule has 0 aliphatic rings. The Morgan fingerprint density at radius 3 is 2.88 bits per heavy atom. The van der Waals surface area contributed by atoms with Crippen LogP contribution in [0.5, 0.6) is 0 Å². The van der Waals surface area contributed by atoms with Crippen molar-refractivity contribution in [1.82, 2.24) is 0 Å². The lowest BCUT2D eigenvalue weighted by atomic mass is 10.1. The third kappa shape index (κ3) is 2.47. The number of benzene rings is 1. The smallest absolute Gasteiger partial charge is 0.291 e. The summed E-state index contributed by atoms with van der Waals surface area (Å²) < 4.78 is 5.03. The standard InChI is InChI=1S/C13H14N2O2/c1-2-9-8-10(14)5-6-11(9)15-13(16)12-4-3-7-17-12/h3-8H,2,14H2,1H3,(H,15,16). The van der Waals surface area contributed by atoms with Gasteiger partial charge in [0.2, 0.25) is 0 Å². The molecule has 2 rings (SSSR count). The second kappa shape index (κ2) is 4.74. The molecule has 0 fully saturated rings. The van der Waals surface area contributed by atoms with E-state index in [0.29, 0.717) is 11.4 Å². The summed E-state index contributed by atoms with van der Waals surface area (Å²) in [5.74, 6) is 0.0401. The van der Waals surface area contributed by atoms with Crippen LogP contribution in [-0.2, 0) is 6.42 Å². The van der Waals surface area contributed by atoms with Crippen molar-refractivity contribution < 1.29 is 9.21 Å². The summed E-state index contributed by atoms with van der Waals surface area (Å²) in [5.41, 5.74) is 8.16. The summed E-state index contributed by atoms with van der Waals surface area (Å²) in [5, 5.41) is 2.80. The number of amides is 1. The van der Waals surface area contributed by atoms with E-state index in [9.17, 15) is 4.79 Å². The Bertz CT molecular complexity index is 518. The minimum absolute atomic E-state index is 0.255. The van der Waals surface area contributed by atoms with Crippen LogP contribution < -0.4 is 11.1 Å². The minimum atomic E-state index is -0.255. The number of hydrogen-bond acceptors (Lipinski definition) is 3. The van der Waals surface area contributed by atoms with E-state index in [1.165, 1.54) is 6.26 Å². The number of aryl methyl sites for hydroxylation is 1. The van der Waals surface area contributed by atoms with E-state index in [0.717, 1.165) is 17.7 Å². The van der Waals surface area contributed by atoms with Crippen LogP contribution in [0.3, 0.4) is 0 Å². The number of hydrogen-bond donors (Lipinski definition) is 2. The number of furan rings is 1. The Kier molecular flexibility index (Phi) is 3.14. The molecule has 88 valence electrons. The number of nitrogens with two attached hydrogens (primary N) is 1. The van der Waals surface area contributed by atoms with Crippen LogP contribution in [0.2, 0.25) is 0 Å². The first-order valence-electron chi connectivity index (χ1n) is 5.44. The van der Waals surface area contributed by atoms with Gasteiger partial charge in [0.25, 0.3) is 5.91 Å². The van der Waals surface area contributed by atoms with Gasteiger partial charge in [-0.2, -0.15) is 0 Å². The zero-order valence-corrected chi connectivity index (χ0v) is 9.57. The predicted octanol–water partition coefficient (Wildman–Crippen LogP) is 2.68. The van der Waals surface area contributed by atoms with Crippen molar-refractivity contribution in [3.63, 3.8) is 0 Å². The van der Waals surface area contributed by atoms with Crippen LogP contribution in [0.15, 0.2) is 41.0 Å². The van der Waals surface area contributed by atoms with Gasteiger partial charge in [-0.1, -0.05) is 6.92 Å². The molecule has 0 spiro atoms. The fraction of sp³-hybridized carbons (Fsp3) is 0.154. The van der Waals surface area contributed by atoms with Crippen molar-refractivity contribution in [3.8, 4) is 0 Å². The van der Waals surface area contributed by atoms with E-state index in [4.69, 9.17) is 10.2 Å². The second-order valence-corrected chi connectivity index (χ2v) is 3.70. The Morgan fingerprint density at radius 1 is 1.41 bits per heavy atom. The number of nitrogens with one attached hydrogen (secondary N) is 1. The van der Waals surface area contributed by atoms with Crippen LogP contribution in [0.4, 0.5) is 11.4 Å². The van der Waals surface area contributed by atoms with Gasteiger partial charge in [0.05, 0.1) is 6.26 Å². The molecular weight excluding hydrogens is 216 g/mol. The highest BCUT2D eigenvalue weighted by Crippen LogP contribution is 2.20. The molecule has 0 saturated carbocycles. The Hall–Kier alpha value is -2.23. The molecule has 0 saturated heterocycles. The SMILES string of the molecule is CCc1cc(N)ccc1NC(=O)c1ccco1. The topological polar surface area (TPSA) is 68.3 Å². The van der Waals surface area contributed by atoms with Crippen molar-refractivity contribution in [2.24, 2.45) is 0 Å². The van der Waals surface area contributed by atoms with E-state index >= 15 is 0 Å². The van der Waals surface area contributed by atoms with Gasteiger partial charge in [0.15, 0.2) is 5.76 Å².